The summed E-state index contributed by atoms with van der Waals surface area (Å²) < 4.78 is 5.25. The van der Waals surface area contributed by atoms with Crippen LogP contribution < -0.4 is 15.0 Å². The lowest BCUT2D eigenvalue weighted by atomic mass is 10.2. The van der Waals surface area contributed by atoms with Gasteiger partial charge in [-0.1, -0.05) is 0 Å². The lowest BCUT2D eigenvalue weighted by Gasteiger charge is -2.20. The Balaban J connectivity index is 2.02. The molecule has 0 saturated carbocycles. The lowest BCUT2D eigenvalue weighted by Crippen LogP contribution is -2.34. The molecular formula is C17H21N5O2. The Morgan fingerprint density at radius 3 is 2.96 bits per heavy atom. The Hall–Kier alpha value is -2.70. The number of aromatic nitrogens is 3. The largest absolute Gasteiger partial charge is 0.497 e. The van der Waals surface area contributed by atoms with Crippen LogP contribution in [0.1, 0.15) is 17.7 Å². The van der Waals surface area contributed by atoms with Crippen LogP contribution in [-0.2, 0) is 17.6 Å². The number of hydrogen-bond acceptors (Lipinski definition) is 6. The summed E-state index contributed by atoms with van der Waals surface area (Å²) in [5.41, 5.74) is 2.84. The van der Waals surface area contributed by atoms with Crippen LogP contribution in [0.25, 0.3) is 11.5 Å². The first-order valence-electron chi connectivity index (χ1n) is 7.94. The molecule has 0 aliphatic heterocycles. The first-order valence-corrected chi connectivity index (χ1v) is 7.94. The minimum atomic E-state index is -0.0519. The molecule has 1 aliphatic rings. The number of hydrogen-bond donors (Lipinski definition) is 1. The van der Waals surface area contributed by atoms with Gasteiger partial charge in [0.1, 0.15) is 17.3 Å². The molecule has 0 radical (unpaired) electrons. The second-order valence-electron chi connectivity index (χ2n) is 5.76. The molecule has 1 amide bonds. The van der Waals surface area contributed by atoms with E-state index in [0.717, 1.165) is 36.3 Å². The van der Waals surface area contributed by atoms with Crippen LogP contribution in [0.15, 0.2) is 18.3 Å². The van der Waals surface area contributed by atoms with Crippen molar-refractivity contribution in [3.8, 4) is 17.3 Å². The molecule has 0 saturated heterocycles. The molecule has 0 atom stereocenters. The van der Waals surface area contributed by atoms with E-state index in [9.17, 15) is 4.79 Å². The third-order valence-corrected chi connectivity index (χ3v) is 4.13. The van der Waals surface area contributed by atoms with E-state index in [-0.39, 0.29) is 12.5 Å². The van der Waals surface area contributed by atoms with E-state index >= 15 is 0 Å². The number of methoxy groups -OCH3 is 1. The Kier molecular flexibility index (Phi) is 4.59. The SMILES string of the molecule is CNC(=O)CN(C)c1nc(-c2cc(OC)ccn2)nc2c1CCC2. The quantitative estimate of drug-likeness (QED) is 0.889. The van der Waals surface area contributed by atoms with Gasteiger partial charge in [-0.05, 0) is 25.3 Å². The summed E-state index contributed by atoms with van der Waals surface area (Å²) in [6, 6.07) is 3.61. The van der Waals surface area contributed by atoms with Gasteiger partial charge in [0, 0.05) is 37.6 Å². The van der Waals surface area contributed by atoms with Gasteiger partial charge in [0.25, 0.3) is 0 Å². The Morgan fingerprint density at radius 2 is 2.21 bits per heavy atom. The first kappa shape index (κ1) is 16.2. The van der Waals surface area contributed by atoms with Crippen molar-refractivity contribution < 1.29 is 9.53 Å². The van der Waals surface area contributed by atoms with Gasteiger partial charge in [-0.25, -0.2) is 9.97 Å². The van der Waals surface area contributed by atoms with Crippen molar-refractivity contribution >= 4 is 11.7 Å². The molecule has 2 aromatic heterocycles. The van der Waals surface area contributed by atoms with Crippen molar-refractivity contribution in [1.29, 1.82) is 0 Å². The number of nitrogens with zero attached hydrogens (tertiary/aromatic N) is 4. The summed E-state index contributed by atoms with van der Waals surface area (Å²) in [4.78, 5) is 27.3. The number of likely N-dealkylation sites (N-methyl/N-ethyl adjacent to an activating group) is 2. The third kappa shape index (κ3) is 3.15. The zero-order valence-electron chi connectivity index (χ0n) is 14.2. The van der Waals surface area contributed by atoms with Crippen LogP contribution in [0.2, 0.25) is 0 Å². The maximum Gasteiger partial charge on any atom is 0.239 e. The Bertz CT molecular complexity index is 763. The number of amides is 1. The number of fused-ring (bicyclic) bond motifs is 1. The van der Waals surface area contributed by atoms with Gasteiger partial charge in [-0.2, -0.15) is 0 Å². The summed E-state index contributed by atoms with van der Waals surface area (Å²) >= 11 is 0. The molecule has 2 heterocycles. The van der Waals surface area contributed by atoms with Gasteiger partial charge >= 0.3 is 0 Å². The average molecular weight is 327 g/mol. The van der Waals surface area contributed by atoms with E-state index < -0.39 is 0 Å². The van der Waals surface area contributed by atoms with Gasteiger partial charge in [-0.15, -0.1) is 0 Å². The van der Waals surface area contributed by atoms with Crippen molar-refractivity contribution in [1.82, 2.24) is 20.3 Å². The van der Waals surface area contributed by atoms with E-state index in [0.29, 0.717) is 17.3 Å². The highest BCUT2D eigenvalue weighted by Gasteiger charge is 2.23. The Labute approximate surface area is 141 Å². The maximum atomic E-state index is 11.7. The number of ether oxygens (including phenoxy) is 1. The zero-order valence-corrected chi connectivity index (χ0v) is 14.2. The van der Waals surface area contributed by atoms with Crippen molar-refractivity contribution in [2.45, 2.75) is 19.3 Å². The lowest BCUT2D eigenvalue weighted by molar-refractivity contribution is -0.119. The number of carbonyl (C=O) groups excluding carboxylic acids is 1. The highest BCUT2D eigenvalue weighted by atomic mass is 16.5. The van der Waals surface area contributed by atoms with Crippen molar-refractivity contribution in [2.75, 3.05) is 32.6 Å². The van der Waals surface area contributed by atoms with E-state index in [4.69, 9.17) is 9.72 Å². The fourth-order valence-corrected chi connectivity index (χ4v) is 2.87. The predicted octanol–water partition coefficient (Wildman–Crippen LogP) is 1.22. The van der Waals surface area contributed by atoms with Crippen LogP contribution in [-0.4, -0.2) is 48.6 Å². The van der Waals surface area contributed by atoms with Crippen molar-refractivity contribution in [3.05, 3.63) is 29.6 Å². The molecule has 1 N–H and O–H groups in total. The maximum absolute atomic E-state index is 11.7. The average Bonchev–Trinajstić information content (AvgIpc) is 3.09. The second kappa shape index (κ2) is 6.82. The van der Waals surface area contributed by atoms with E-state index in [2.05, 4.69) is 15.3 Å². The van der Waals surface area contributed by atoms with E-state index in [1.807, 2.05) is 18.0 Å². The molecule has 3 rings (SSSR count). The fourth-order valence-electron chi connectivity index (χ4n) is 2.87. The molecule has 1 aliphatic carbocycles. The topological polar surface area (TPSA) is 80.2 Å². The number of carbonyl (C=O) groups is 1. The van der Waals surface area contributed by atoms with E-state index in [1.54, 1.807) is 26.4 Å². The minimum absolute atomic E-state index is 0.0519. The fraction of sp³-hybridized carbons (Fsp3) is 0.412. The first-order chi connectivity index (χ1) is 11.6. The number of rotatable bonds is 5. The summed E-state index contributed by atoms with van der Waals surface area (Å²) in [5.74, 6) is 2.03. The van der Waals surface area contributed by atoms with Gasteiger partial charge in [0.2, 0.25) is 5.91 Å². The van der Waals surface area contributed by atoms with Gasteiger partial charge in [0.15, 0.2) is 5.82 Å². The number of anilines is 1. The zero-order chi connectivity index (χ0) is 17.1. The number of aryl methyl sites for hydroxylation is 1. The summed E-state index contributed by atoms with van der Waals surface area (Å²) in [6.07, 6.45) is 4.60. The normalized spacial score (nSPS) is 12.6. The van der Waals surface area contributed by atoms with E-state index in [1.165, 1.54) is 0 Å². The molecule has 24 heavy (non-hydrogen) atoms. The monoisotopic (exact) mass is 327 g/mol. The second-order valence-corrected chi connectivity index (χ2v) is 5.76. The van der Waals surface area contributed by atoms with Crippen LogP contribution in [0.3, 0.4) is 0 Å². The highest BCUT2D eigenvalue weighted by molar-refractivity contribution is 5.81. The molecule has 0 fully saturated rings. The molecule has 0 unspecified atom stereocenters. The molecule has 0 spiro atoms. The van der Waals surface area contributed by atoms with Crippen LogP contribution in [0, 0.1) is 0 Å². The highest BCUT2D eigenvalue weighted by Crippen LogP contribution is 2.31. The van der Waals surface area contributed by atoms with Crippen LogP contribution in [0.4, 0.5) is 5.82 Å². The molecule has 2 aromatic rings. The summed E-state index contributed by atoms with van der Waals surface area (Å²) in [5, 5.41) is 2.64. The smallest absolute Gasteiger partial charge is 0.239 e. The number of pyridine rings is 1. The number of nitrogens with one attached hydrogen (secondary N) is 1. The molecule has 0 bridgehead atoms. The standard InChI is InChI=1S/C17H21N5O2/c1-18-15(23)10-22(2)17-12-5-4-6-13(12)20-16(21-17)14-9-11(24-3)7-8-19-14/h7-9H,4-6,10H2,1-3H3,(H,18,23). The Morgan fingerprint density at radius 1 is 1.38 bits per heavy atom. The van der Waals surface area contributed by atoms with Crippen LogP contribution >= 0.6 is 0 Å². The molecule has 7 heteroatoms. The van der Waals surface area contributed by atoms with Gasteiger partial charge < -0.3 is 15.0 Å². The minimum Gasteiger partial charge on any atom is -0.497 e. The predicted molar refractivity (Wildman–Crippen MR) is 91.2 cm³/mol. The molecular weight excluding hydrogens is 306 g/mol. The molecule has 0 aromatic carbocycles. The van der Waals surface area contributed by atoms with Crippen molar-refractivity contribution in [2.24, 2.45) is 0 Å². The van der Waals surface area contributed by atoms with Gasteiger partial charge in [-0.3, -0.25) is 9.78 Å². The van der Waals surface area contributed by atoms with Crippen LogP contribution in [0.5, 0.6) is 5.75 Å². The summed E-state index contributed by atoms with van der Waals surface area (Å²) in [6.45, 7) is 0.255. The third-order valence-electron chi connectivity index (χ3n) is 4.13. The van der Waals surface area contributed by atoms with Crippen molar-refractivity contribution in [3.63, 3.8) is 0 Å². The summed E-state index contributed by atoms with van der Waals surface area (Å²) in [7, 11) is 5.12. The van der Waals surface area contributed by atoms with Gasteiger partial charge in [0.05, 0.1) is 13.7 Å². The molecule has 7 nitrogen and oxygen atoms in total. The molecule has 126 valence electrons.